The number of hydrogen-bond donors (Lipinski definition) is 1. The molecule has 6 heteroatoms. The molecule has 1 aromatic heterocycles. The SMILES string of the molecule is O=C(NN=Cc1ccc(Cl)cc1Cl)c1cccs1. The Balaban J connectivity index is 2.01. The molecule has 1 amide bonds. The summed E-state index contributed by atoms with van der Waals surface area (Å²) in [5.74, 6) is -0.244. The third kappa shape index (κ3) is 3.32. The lowest BCUT2D eigenvalue weighted by atomic mass is 10.2. The minimum absolute atomic E-state index is 0.244. The van der Waals surface area contributed by atoms with Gasteiger partial charge in [0.1, 0.15) is 0 Å². The Morgan fingerprint density at radius 3 is 2.83 bits per heavy atom. The molecule has 2 aromatic rings. The molecule has 92 valence electrons. The molecule has 1 aromatic carbocycles. The second kappa shape index (κ2) is 6.00. The lowest BCUT2D eigenvalue weighted by Crippen LogP contribution is -2.16. The van der Waals surface area contributed by atoms with Crippen LogP contribution in [0.3, 0.4) is 0 Å². The first-order chi connectivity index (χ1) is 8.66. The van der Waals surface area contributed by atoms with E-state index in [0.29, 0.717) is 20.5 Å². The lowest BCUT2D eigenvalue weighted by Gasteiger charge is -1.99. The summed E-state index contributed by atoms with van der Waals surface area (Å²) < 4.78 is 0. The number of nitrogens with zero attached hydrogens (tertiary/aromatic N) is 1. The van der Waals surface area contributed by atoms with Crippen molar-refractivity contribution < 1.29 is 4.79 Å². The Bertz CT molecular complexity index is 582. The minimum Gasteiger partial charge on any atom is -0.266 e. The molecule has 1 heterocycles. The van der Waals surface area contributed by atoms with Crippen molar-refractivity contribution in [3.8, 4) is 0 Å². The number of thiophene rings is 1. The van der Waals surface area contributed by atoms with E-state index in [0.717, 1.165) is 0 Å². The maximum Gasteiger partial charge on any atom is 0.281 e. The van der Waals surface area contributed by atoms with Crippen LogP contribution in [0.5, 0.6) is 0 Å². The zero-order valence-corrected chi connectivity index (χ0v) is 11.4. The van der Waals surface area contributed by atoms with Crippen LogP contribution in [0.15, 0.2) is 40.8 Å². The van der Waals surface area contributed by atoms with Crippen LogP contribution < -0.4 is 5.43 Å². The Morgan fingerprint density at radius 2 is 2.17 bits per heavy atom. The minimum atomic E-state index is -0.244. The van der Waals surface area contributed by atoms with Crippen LogP contribution >= 0.6 is 34.5 Å². The predicted octanol–water partition coefficient (Wildman–Crippen LogP) is 3.82. The molecule has 0 fully saturated rings. The van der Waals surface area contributed by atoms with Crippen molar-refractivity contribution in [3.63, 3.8) is 0 Å². The molecule has 0 unspecified atom stereocenters. The highest BCUT2D eigenvalue weighted by atomic mass is 35.5. The van der Waals surface area contributed by atoms with Gasteiger partial charge in [0.05, 0.1) is 16.1 Å². The Morgan fingerprint density at radius 1 is 1.33 bits per heavy atom. The molecule has 3 nitrogen and oxygen atoms in total. The number of hydrogen-bond acceptors (Lipinski definition) is 3. The van der Waals surface area contributed by atoms with Gasteiger partial charge in [-0.2, -0.15) is 5.10 Å². The van der Waals surface area contributed by atoms with Crippen molar-refractivity contribution in [2.45, 2.75) is 0 Å². The van der Waals surface area contributed by atoms with Crippen LogP contribution in [0.1, 0.15) is 15.2 Å². The molecule has 0 aliphatic rings. The highest BCUT2D eigenvalue weighted by molar-refractivity contribution is 7.12. The van der Waals surface area contributed by atoms with Crippen LogP contribution in [0.25, 0.3) is 0 Å². The zero-order chi connectivity index (χ0) is 13.0. The largest absolute Gasteiger partial charge is 0.281 e. The van der Waals surface area contributed by atoms with E-state index in [9.17, 15) is 4.79 Å². The van der Waals surface area contributed by atoms with Crippen molar-refractivity contribution in [3.05, 3.63) is 56.2 Å². The molecule has 0 aliphatic heterocycles. The van der Waals surface area contributed by atoms with Gasteiger partial charge in [0, 0.05) is 10.6 Å². The first-order valence-corrected chi connectivity index (χ1v) is 6.62. The maximum absolute atomic E-state index is 11.6. The fraction of sp³-hybridized carbons (Fsp3) is 0. The summed E-state index contributed by atoms with van der Waals surface area (Å²) in [7, 11) is 0. The summed E-state index contributed by atoms with van der Waals surface area (Å²) in [5.41, 5.74) is 3.11. The highest BCUT2D eigenvalue weighted by Gasteiger charge is 2.04. The van der Waals surface area contributed by atoms with Crippen LogP contribution in [-0.4, -0.2) is 12.1 Å². The van der Waals surface area contributed by atoms with Gasteiger partial charge in [0.15, 0.2) is 0 Å². The molecule has 0 saturated heterocycles. The first-order valence-electron chi connectivity index (χ1n) is 4.99. The van der Waals surface area contributed by atoms with E-state index >= 15 is 0 Å². The van der Waals surface area contributed by atoms with Gasteiger partial charge in [-0.3, -0.25) is 4.79 Å². The van der Waals surface area contributed by atoms with Gasteiger partial charge in [-0.05, 0) is 23.6 Å². The summed E-state index contributed by atoms with van der Waals surface area (Å²) in [6.07, 6.45) is 1.48. The van der Waals surface area contributed by atoms with E-state index in [-0.39, 0.29) is 5.91 Å². The molecule has 0 bridgehead atoms. The normalized spacial score (nSPS) is 10.8. The Hall–Kier alpha value is -1.36. The van der Waals surface area contributed by atoms with Crippen LogP contribution in [0, 0.1) is 0 Å². The Labute approximate surface area is 118 Å². The van der Waals surface area contributed by atoms with Crippen molar-refractivity contribution >= 4 is 46.7 Å². The number of nitrogens with one attached hydrogen (secondary N) is 1. The topological polar surface area (TPSA) is 41.5 Å². The molecular formula is C12H8Cl2N2OS. The number of hydrazone groups is 1. The predicted molar refractivity (Wildman–Crippen MR) is 75.8 cm³/mol. The molecule has 0 spiro atoms. The zero-order valence-electron chi connectivity index (χ0n) is 9.06. The molecule has 0 atom stereocenters. The number of rotatable bonds is 3. The molecule has 0 radical (unpaired) electrons. The van der Waals surface area contributed by atoms with E-state index in [2.05, 4.69) is 10.5 Å². The van der Waals surface area contributed by atoms with E-state index < -0.39 is 0 Å². The number of benzene rings is 1. The fourth-order valence-electron chi connectivity index (χ4n) is 1.23. The summed E-state index contributed by atoms with van der Waals surface area (Å²) in [4.78, 5) is 12.2. The number of halogens is 2. The molecule has 2 rings (SSSR count). The molecule has 0 saturated carbocycles. The maximum atomic E-state index is 11.6. The van der Waals surface area contributed by atoms with Gasteiger partial charge in [-0.15, -0.1) is 11.3 Å². The van der Waals surface area contributed by atoms with Crippen LogP contribution in [0.2, 0.25) is 10.0 Å². The number of carbonyl (C=O) groups excluding carboxylic acids is 1. The van der Waals surface area contributed by atoms with E-state index in [1.165, 1.54) is 17.6 Å². The van der Waals surface area contributed by atoms with E-state index in [4.69, 9.17) is 23.2 Å². The second-order valence-electron chi connectivity index (χ2n) is 3.34. The quantitative estimate of drug-likeness (QED) is 0.679. The van der Waals surface area contributed by atoms with Gasteiger partial charge in [-0.1, -0.05) is 35.3 Å². The van der Waals surface area contributed by atoms with Gasteiger partial charge >= 0.3 is 0 Å². The van der Waals surface area contributed by atoms with Gasteiger partial charge in [-0.25, -0.2) is 5.43 Å². The molecule has 18 heavy (non-hydrogen) atoms. The van der Waals surface area contributed by atoms with E-state index in [1.807, 2.05) is 5.38 Å². The van der Waals surface area contributed by atoms with Gasteiger partial charge in [0.25, 0.3) is 5.91 Å². The van der Waals surface area contributed by atoms with Crippen molar-refractivity contribution in [2.24, 2.45) is 5.10 Å². The van der Waals surface area contributed by atoms with E-state index in [1.54, 1.807) is 30.3 Å². The average molecular weight is 299 g/mol. The third-order valence-corrected chi connectivity index (χ3v) is 3.51. The lowest BCUT2D eigenvalue weighted by molar-refractivity contribution is 0.0959. The molecular weight excluding hydrogens is 291 g/mol. The van der Waals surface area contributed by atoms with Crippen molar-refractivity contribution in [2.75, 3.05) is 0 Å². The summed E-state index contributed by atoms with van der Waals surface area (Å²) in [6, 6.07) is 8.58. The standard InChI is InChI=1S/C12H8Cl2N2OS/c13-9-4-3-8(10(14)6-9)7-15-16-12(17)11-2-1-5-18-11/h1-7H,(H,16,17). The summed E-state index contributed by atoms with van der Waals surface area (Å²) in [6.45, 7) is 0. The van der Waals surface area contributed by atoms with Crippen LogP contribution in [-0.2, 0) is 0 Å². The molecule has 0 aliphatic carbocycles. The highest BCUT2D eigenvalue weighted by Crippen LogP contribution is 2.19. The Kier molecular flexibility index (Phi) is 4.36. The first kappa shape index (κ1) is 13.1. The molecule has 1 N–H and O–H groups in total. The van der Waals surface area contributed by atoms with Crippen molar-refractivity contribution in [1.29, 1.82) is 0 Å². The fourth-order valence-corrected chi connectivity index (χ4v) is 2.30. The van der Waals surface area contributed by atoms with Crippen LogP contribution in [0.4, 0.5) is 0 Å². The monoisotopic (exact) mass is 298 g/mol. The summed E-state index contributed by atoms with van der Waals surface area (Å²) >= 11 is 13.1. The van der Waals surface area contributed by atoms with Gasteiger partial charge < -0.3 is 0 Å². The van der Waals surface area contributed by atoms with Crippen molar-refractivity contribution in [1.82, 2.24) is 5.43 Å². The summed E-state index contributed by atoms with van der Waals surface area (Å²) in [5, 5.41) is 6.71. The average Bonchev–Trinajstić information content (AvgIpc) is 2.85. The number of carbonyl (C=O) groups is 1. The number of amides is 1. The second-order valence-corrected chi connectivity index (χ2v) is 5.13. The van der Waals surface area contributed by atoms with Gasteiger partial charge in [0.2, 0.25) is 0 Å². The smallest absolute Gasteiger partial charge is 0.266 e. The third-order valence-electron chi connectivity index (χ3n) is 2.08.